The van der Waals surface area contributed by atoms with E-state index < -0.39 is 20.2 Å². The Morgan fingerprint density at radius 2 is 1.90 bits per heavy atom. The van der Waals surface area contributed by atoms with E-state index in [4.69, 9.17) is 0 Å². The molecule has 2 rings (SSSR count). The quantitative estimate of drug-likeness (QED) is 0.876. The first-order valence-electron chi connectivity index (χ1n) is 6.90. The SMILES string of the molecule is CCNC(Cc1ccccc1S(=O)(=O)C(F)(F)F)C1CC1. The van der Waals surface area contributed by atoms with E-state index >= 15 is 0 Å². The lowest BCUT2D eigenvalue weighted by atomic mass is 10.0. The molecule has 1 aliphatic carbocycles. The second kappa shape index (κ2) is 5.96. The molecule has 118 valence electrons. The summed E-state index contributed by atoms with van der Waals surface area (Å²) < 4.78 is 61.6. The third-order valence-electron chi connectivity index (χ3n) is 3.66. The van der Waals surface area contributed by atoms with E-state index in [9.17, 15) is 21.6 Å². The number of hydrogen-bond acceptors (Lipinski definition) is 3. The molecule has 1 atom stereocenters. The molecular formula is C14H18F3NO2S. The molecule has 1 aromatic carbocycles. The van der Waals surface area contributed by atoms with Crippen molar-refractivity contribution in [2.45, 2.75) is 42.6 Å². The van der Waals surface area contributed by atoms with E-state index in [1.54, 1.807) is 6.07 Å². The zero-order valence-corrected chi connectivity index (χ0v) is 12.5. The first-order valence-corrected chi connectivity index (χ1v) is 8.38. The van der Waals surface area contributed by atoms with Gasteiger partial charge < -0.3 is 5.32 Å². The third kappa shape index (κ3) is 3.58. The van der Waals surface area contributed by atoms with Gasteiger partial charge in [-0.15, -0.1) is 0 Å². The van der Waals surface area contributed by atoms with Crippen molar-refractivity contribution in [3.8, 4) is 0 Å². The van der Waals surface area contributed by atoms with Crippen LogP contribution >= 0.6 is 0 Å². The van der Waals surface area contributed by atoms with Crippen LogP contribution in [0, 0.1) is 5.92 Å². The van der Waals surface area contributed by atoms with E-state index in [0.717, 1.165) is 18.9 Å². The van der Waals surface area contributed by atoms with Gasteiger partial charge in [0.2, 0.25) is 0 Å². The largest absolute Gasteiger partial charge is 0.501 e. The van der Waals surface area contributed by atoms with Gasteiger partial charge in [0.1, 0.15) is 0 Å². The maximum absolute atomic E-state index is 12.8. The Kier molecular flexibility index (Phi) is 4.63. The highest BCUT2D eigenvalue weighted by Gasteiger charge is 2.48. The highest BCUT2D eigenvalue weighted by Crippen LogP contribution is 2.36. The summed E-state index contributed by atoms with van der Waals surface area (Å²) in [6, 6.07) is 5.42. The van der Waals surface area contributed by atoms with Gasteiger partial charge in [0.15, 0.2) is 0 Å². The van der Waals surface area contributed by atoms with Gasteiger partial charge in [0.05, 0.1) is 4.90 Å². The number of halogens is 3. The average molecular weight is 321 g/mol. The minimum Gasteiger partial charge on any atom is -0.314 e. The van der Waals surface area contributed by atoms with Crippen molar-refractivity contribution in [1.82, 2.24) is 5.32 Å². The number of likely N-dealkylation sites (N-methyl/N-ethyl adjacent to an activating group) is 1. The number of sulfone groups is 1. The fraction of sp³-hybridized carbons (Fsp3) is 0.571. The van der Waals surface area contributed by atoms with Gasteiger partial charge in [-0.05, 0) is 43.4 Å². The Balaban J connectivity index is 2.33. The summed E-state index contributed by atoms with van der Waals surface area (Å²) >= 11 is 0. The molecule has 0 saturated heterocycles. The zero-order chi connectivity index (χ0) is 15.7. The summed E-state index contributed by atoms with van der Waals surface area (Å²) in [5, 5.41) is 3.23. The molecule has 1 N–H and O–H groups in total. The minimum atomic E-state index is -5.30. The lowest BCUT2D eigenvalue weighted by molar-refractivity contribution is -0.0436. The van der Waals surface area contributed by atoms with E-state index in [-0.39, 0.29) is 11.6 Å². The second-order valence-electron chi connectivity index (χ2n) is 5.26. The highest BCUT2D eigenvalue weighted by atomic mass is 32.2. The fourth-order valence-electron chi connectivity index (χ4n) is 2.46. The van der Waals surface area contributed by atoms with E-state index in [1.165, 1.54) is 12.1 Å². The molecule has 7 heteroatoms. The summed E-state index contributed by atoms with van der Waals surface area (Å²) in [7, 11) is -5.30. The van der Waals surface area contributed by atoms with Crippen molar-refractivity contribution in [3.63, 3.8) is 0 Å². The Morgan fingerprint density at radius 3 is 2.43 bits per heavy atom. The number of hydrogen-bond donors (Lipinski definition) is 1. The Labute approximate surface area is 122 Å². The van der Waals surface area contributed by atoms with Crippen LogP contribution in [0.1, 0.15) is 25.3 Å². The molecule has 0 heterocycles. The van der Waals surface area contributed by atoms with Crippen LogP contribution in [0.4, 0.5) is 13.2 Å². The molecule has 0 aromatic heterocycles. The smallest absolute Gasteiger partial charge is 0.314 e. The average Bonchev–Trinajstić information content (AvgIpc) is 3.21. The third-order valence-corrected chi connectivity index (χ3v) is 5.25. The molecule has 1 fully saturated rings. The summed E-state index contributed by atoms with van der Waals surface area (Å²) in [5.41, 5.74) is -5.04. The number of benzene rings is 1. The van der Waals surface area contributed by atoms with Crippen molar-refractivity contribution >= 4 is 9.84 Å². The normalized spacial score (nSPS) is 17.7. The van der Waals surface area contributed by atoms with Gasteiger partial charge in [-0.3, -0.25) is 0 Å². The molecule has 0 bridgehead atoms. The lowest BCUT2D eigenvalue weighted by Crippen LogP contribution is -2.34. The first kappa shape index (κ1) is 16.3. The number of rotatable bonds is 6. The molecule has 1 aliphatic rings. The van der Waals surface area contributed by atoms with E-state index in [1.807, 2.05) is 6.92 Å². The Hall–Kier alpha value is -1.08. The summed E-state index contributed by atoms with van der Waals surface area (Å²) in [4.78, 5) is -0.624. The van der Waals surface area contributed by atoms with Crippen LogP contribution in [-0.4, -0.2) is 26.5 Å². The maximum Gasteiger partial charge on any atom is 0.501 e. The van der Waals surface area contributed by atoms with Gasteiger partial charge in [-0.2, -0.15) is 13.2 Å². The topological polar surface area (TPSA) is 46.2 Å². The van der Waals surface area contributed by atoms with E-state index in [2.05, 4.69) is 5.32 Å². The summed E-state index contributed by atoms with van der Waals surface area (Å²) in [6.07, 6.45) is 2.36. The van der Waals surface area contributed by atoms with Crippen LogP contribution in [0.5, 0.6) is 0 Å². The van der Waals surface area contributed by atoms with Crippen molar-refractivity contribution in [3.05, 3.63) is 29.8 Å². The number of nitrogens with one attached hydrogen (secondary N) is 1. The molecule has 1 unspecified atom stereocenters. The lowest BCUT2D eigenvalue weighted by Gasteiger charge is -2.19. The molecule has 3 nitrogen and oxygen atoms in total. The predicted octanol–water partition coefficient (Wildman–Crippen LogP) is 2.91. The summed E-state index contributed by atoms with van der Waals surface area (Å²) in [6.45, 7) is 2.63. The van der Waals surface area contributed by atoms with Gasteiger partial charge >= 0.3 is 5.51 Å². The predicted molar refractivity (Wildman–Crippen MR) is 73.6 cm³/mol. The van der Waals surface area contributed by atoms with Crippen molar-refractivity contribution in [1.29, 1.82) is 0 Å². The molecule has 1 saturated carbocycles. The molecule has 21 heavy (non-hydrogen) atoms. The maximum atomic E-state index is 12.8. The van der Waals surface area contributed by atoms with Crippen LogP contribution in [0.2, 0.25) is 0 Å². The van der Waals surface area contributed by atoms with Crippen molar-refractivity contribution in [2.24, 2.45) is 5.92 Å². The molecule has 0 radical (unpaired) electrons. The van der Waals surface area contributed by atoms with Crippen LogP contribution in [-0.2, 0) is 16.3 Å². The standard InChI is InChI=1S/C14H18F3NO2S/c1-2-18-12(10-7-8-10)9-11-5-3-4-6-13(11)21(19,20)14(15,16)17/h3-6,10,12,18H,2,7-9H2,1H3. The van der Waals surface area contributed by atoms with Crippen molar-refractivity contribution < 1.29 is 21.6 Å². The zero-order valence-electron chi connectivity index (χ0n) is 11.7. The van der Waals surface area contributed by atoms with Gasteiger partial charge in [0.25, 0.3) is 9.84 Å². The molecule has 0 spiro atoms. The van der Waals surface area contributed by atoms with Crippen molar-refractivity contribution in [2.75, 3.05) is 6.54 Å². The van der Waals surface area contributed by atoms with Gasteiger partial charge in [-0.25, -0.2) is 8.42 Å². The molecule has 1 aromatic rings. The number of alkyl halides is 3. The molecule has 0 amide bonds. The van der Waals surface area contributed by atoms with Crippen LogP contribution in [0.15, 0.2) is 29.2 Å². The Bertz CT molecular complexity index is 594. The minimum absolute atomic E-state index is 0.0274. The van der Waals surface area contributed by atoms with Crippen LogP contribution in [0.3, 0.4) is 0 Å². The first-order chi connectivity index (χ1) is 9.77. The molecule has 0 aliphatic heterocycles. The fourth-order valence-corrected chi connectivity index (χ4v) is 3.47. The van der Waals surface area contributed by atoms with E-state index in [0.29, 0.717) is 18.9 Å². The van der Waals surface area contributed by atoms with Crippen LogP contribution < -0.4 is 5.32 Å². The summed E-state index contributed by atoms with van der Waals surface area (Å²) in [5.74, 6) is 0.423. The van der Waals surface area contributed by atoms with Crippen LogP contribution in [0.25, 0.3) is 0 Å². The monoisotopic (exact) mass is 321 g/mol. The second-order valence-corrected chi connectivity index (χ2v) is 7.17. The molecular weight excluding hydrogens is 303 g/mol. The highest BCUT2D eigenvalue weighted by molar-refractivity contribution is 7.92. The van der Waals surface area contributed by atoms with Gasteiger partial charge in [-0.1, -0.05) is 25.1 Å². The Morgan fingerprint density at radius 1 is 1.29 bits per heavy atom. The van der Waals surface area contributed by atoms with Gasteiger partial charge in [0, 0.05) is 6.04 Å².